The summed E-state index contributed by atoms with van der Waals surface area (Å²) < 4.78 is 15.9. The van der Waals surface area contributed by atoms with Crippen LogP contribution in [0.4, 0.5) is 5.69 Å². The molecule has 0 heterocycles. The Morgan fingerprint density at radius 1 is 0.913 bits per heavy atom. The second kappa shape index (κ2) is 8.90. The molecule has 0 aliphatic carbocycles. The van der Waals surface area contributed by atoms with Gasteiger partial charge in [0, 0.05) is 6.54 Å². The zero-order chi connectivity index (χ0) is 16.5. The molecule has 0 unspecified atom stereocenters. The van der Waals surface area contributed by atoms with Crippen LogP contribution in [-0.2, 0) is 6.42 Å². The first-order valence-corrected chi connectivity index (χ1v) is 7.63. The van der Waals surface area contributed by atoms with E-state index in [2.05, 4.69) is 5.32 Å². The Balaban J connectivity index is 1.62. The highest BCUT2D eigenvalue weighted by Crippen LogP contribution is 2.21. The number of ether oxygens (including phenoxy) is 3. The van der Waals surface area contributed by atoms with Crippen molar-refractivity contribution in [2.24, 2.45) is 0 Å². The summed E-state index contributed by atoms with van der Waals surface area (Å²) in [6.45, 7) is 2.28. The van der Waals surface area contributed by atoms with E-state index in [1.54, 1.807) is 14.2 Å². The Hall–Kier alpha value is -2.40. The van der Waals surface area contributed by atoms with E-state index in [0.717, 1.165) is 36.8 Å². The van der Waals surface area contributed by atoms with Crippen molar-refractivity contribution in [3.63, 3.8) is 0 Å². The topological polar surface area (TPSA) is 65.7 Å². The van der Waals surface area contributed by atoms with Crippen molar-refractivity contribution in [3.8, 4) is 17.2 Å². The highest BCUT2D eigenvalue weighted by atomic mass is 16.5. The Morgan fingerprint density at radius 2 is 1.65 bits per heavy atom. The van der Waals surface area contributed by atoms with E-state index in [1.165, 1.54) is 5.56 Å². The van der Waals surface area contributed by atoms with Crippen LogP contribution in [0.5, 0.6) is 17.2 Å². The van der Waals surface area contributed by atoms with Crippen LogP contribution in [0, 0.1) is 0 Å². The van der Waals surface area contributed by atoms with Gasteiger partial charge in [0.25, 0.3) is 0 Å². The summed E-state index contributed by atoms with van der Waals surface area (Å²) in [4.78, 5) is 0. The van der Waals surface area contributed by atoms with Gasteiger partial charge >= 0.3 is 0 Å². The molecule has 0 aromatic heterocycles. The van der Waals surface area contributed by atoms with E-state index in [4.69, 9.17) is 19.9 Å². The van der Waals surface area contributed by atoms with E-state index >= 15 is 0 Å². The second-order valence-corrected chi connectivity index (χ2v) is 5.10. The van der Waals surface area contributed by atoms with Crippen molar-refractivity contribution in [1.82, 2.24) is 5.32 Å². The van der Waals surface area contributed by atoms with Gasteiger partial charge in [-0.3, -0.25) is 0 Å². The van der Waals surface area contributed by atoms with Gasteiger partial charge in [0.1, 0.15) is 23.9 Å². The average Bonchev–Trinajstić information content (AvgIpc) is 2.58. The normalized spacial score (nSPS) is 10.3. The van der Waals surface area contributed by atoms with Crippen molar-refractivity contribution in [2.75, 3.05) is 39.6 Å². The Kier molecular flexibility index (Phi) is 6.56. The molecule has 2 rings (SSSR count). The number of hydrogen-bond donors (Lipinski definition) is 2. The standard InChI is InChI=1S/C18H24N2O3/c1-21-15-4-6-16(7-5-15)23-12-11-20-10-9-14-3-8-18(22-2)17(19)13-14/h3-8,13,20H,9-12,19H2,1-2H3. The quantitative estimate of drug-likeness (QED) is 0.550. The minimum absolute atomic E-state index is 0.622. The van der Waals surface area contributed by atoms with Gasteiger partial charge in [-0.2, -0.15) is 0 Å². The van der Waals surface area contributed by atoms with E-state index in [0.29, 0.717) is 12.3 Å². The first kappa shape index (κ1) is 17.0. The predicted octanol–water partition coefficient (Wildman–Crippen LogP) is 2.50. The largest absolute Gasteiger partial charge is 0.497 e. The Bertz CT molecular complexity index is 600. The van der Waals surface area contributed by atoms with Gasteiger partial charge in [0.15, 0.2) is 0 Å². The van der Waals surface area contributed by atoms with Crippen molar-refractivity contribution >= 4 is 5.69 Å². The molecular weight excluding hydrogens is 292 g/mol. The molecule has 0 fully saturated rings. The molecule has 5 heteroatoms. The third kappa shape index (κ3) is 5.38. The lowest BCUT2D eigenvalue weighted by Gasteiger charge is -2.09. The van der Waals surface area contributed by atoms with Gasteiger partial charge in [0.05, 0.1) is 19.9 Å². The molecule has 0 spiro atoms. The van der Waals surface area contributed by atoms with Gasteiger partial charge in [-0.05, 0) is 54.9 Å². The molecule has 0 bridgehead atoms. The van der Waals surface area contributed by atoms with Crippen LogP contribution in [0.2, 0.25) is 0 Å². The number of nitrogens with two attached hydrogens (primary N) is 1. The van der Waals surface area contributed by atoms with Crippen LogP contribution in [0.15, 0.2) is 42.5 Å². The summed E-state index contributed by atoms with van der Waals surface area (Å²) in [5, 5.41) is 3.35. The summed E-state index contributed by atoms with van der Waals surface area (Å²) in [5.41, 5.74) is 7.76. The van der Waals surface area contributed by atoms with Crippen molar-refractivity contribution in [3.05, 3.63) is 48.0 Å². The predicted molar refractivity (Wildman–Crippen MR) is 92.5 cm³/mol. The second-order valence-electron chi connectivity index (χ2n) is 5.10. The van der Waals surface area contributed by atoms with Crippen LogP contribution in [0.3, 0.4) is 0 Å². The molecule has 3 N–H and O–H groups in total. The monoisotopic (exact) mass is 316 g/mol. The zero-order valence-corrected chi connectivity index (χ0v) is 13.7. The smallest absolute Gasteiger partial charge is 0.141 e. The third-order valence-corrected chi connectivity index (χ3v) is 3.49. The van der Waals surface area contributed by atoms with E-state index in [-0.39, 0.29) is 0 Å². The molecular formula is C18H24N2O3. The van der Waals surface area contributed by atoms with E-state index in [1.807, 2.05) is 42.5 Å². The van der Waals surface area contributed by atoms with Crippen LogP contribution in [-0.4, -0.2) is 33.9 Å². The number of benzene rings is 2. The lowest BCUT2D eigenvalue weighted by molar-refractivity contribution is 0.313. The molecule has 124 valence electrons. The maximum Gasteiger partial charge on any atom is 0.141 e. The molecule has 0 radical (unpaired) electrons. The maximum absolute atomic E-state index is 5.89. The van der Waals surface area contributed by atoms with Gasteiger partial charge < -0.3 is 25.3 Å². The number of rotatable bonds is 9. The van der Waals surface area contributed by atoms with Gasteiger partial charge in [0.2, 0.25) is 0 Å². The van der Waals surface area contributed by atoms with Gasteiger partial charge in [-0.15, -0.1) is 0 Å². The number of hydrogen-bond acceptors (Lipinski definition) is 5. The summed E-state index contributed by atoms with van der Waals surface area (Å²) in [7, 11) is 3.27. The molecule has 2 aromatic rings. The fourth-order valence-corrected chi connectivity index (χ4v) is 2.21. The number of nitrogen functional groups attached to an aromatic ring is 1. The first-order valence-electron chi connectivity index (χ1n) is 7.63. The van der Waals surface area contributed by atoms with Crippen LogP contribution >= 0.6 is 0 Å². The number of nitrogens with one attached hydrogen (secondary N) is 1. The molecule has 5 nitrogen and oxygen atoms in total. The number of anilines is 1. The lowest BCUT2D eigenvalue weighted by atomic mass is 10.1. The minimum Gasteiger partial charge on any atom is -0.497 e. The summed E-state index contributed by atoms with van der Waals surface area (Å²) in [6, 6.07) is 13.5. The summed E-state index contributed by atoms with van der Waals surface area (Å²) >= 11 is 0. The Labute approximate surface area is 137 Å². The average molecular weight is 316 g/mol. The molecule has 0 amide bonds. The van der Waals surface area contributed by atoms with Gasteiger partial charge in [-0.25, -0.2) is 0 Å². The highest BCUT2D eigenvalue weighted by molar-refractivity contribution is 5.54. The minimum atomic E-state index is 0.622. The van der Waals surface area contributed by atoms with Crippen molar-refractivity contribution < 1.29 is 14.2 Å². The summed E-state index contributed by atoms with van der Waals surface area (Å²) in [5.74, 6) is 2.39. The fourth-order valence-electron chi connectivity index (χ4n) is 2.21. The highest BCUT2D eigenvalue weighted by Gasteiger charge is 2.00. The molecule has 0 atom stereocenters. The van der Waals surface area contributed by atoms with E-state index in [9.17, 15) is 0 Å². The number of methoxy groups -OCH3 is 2. The molecule has 0 saturated carbocycles. The molecule has 0 aliphatic heterocycles. The zero-order valence-electron chi connectivity index (χ0n) is 13.7. The third-order valence-electron chi connectivity index (χ3n) is 3.49. The summed E-state index contributed by atoms with van der Waals surface area (Å²) in [6.07, 6.45) is 0.913. The van der Waals surface area contributed by atoms with E-state index < -0.39 is 0 Å². The molecule has 0 aliphatic rings. The molecule has 0 saturated heterocycles. The van der Waals surface area contributed by atoms with Crippen LogP contribution in [0.25, 0.3) is 0 Å². The molecule has 2 aromatic carbocycles. The van der Waals surface area contributed by atoms with Gasteiger partial charge in [-0.1, -0.05) is 6.07 Å². The van der Waals surface area contributed by atoms with Crippen LogP contribution in [0.1, 0.15) is 5.56 Å². The van der Waals surface area contributed by atoms with Crippen LogP contribution < -0.4 is 25.3 Å². The van der Waals surface area contributed by atoms with Crippen molar-refractivity contribution in [1.29, 1.82) is 0 Å². The molecule has 23 heavy (non-hydrogen) atoms. The van der Waals surface area contributed by atoms with Crippen molar-refractivity contribution in [2.45, 2.75) is 6.42 Å². The Morgan fingerprint density at radius 3 is 2.30 bits per heavy atom. The lowest BCUT2D eigenvalue weighted by Crippen LogP contribution is -2.23. The maximum atomic E-state index is 5.89. The first-order chi connectivity index (χ1) is 11.2. The fraction of sp³-hybridized carbons (Fsp3) is 0.333. The SMILES string of the molecule is COc1ccc(OCCNCCc2ccc(OC)c(N)c2)cc1.